The molecule has 0 saturated carbocycles. The number of ether oxygens (including phenoxy) is 1. The van der Waals surface area contributed by atoms with Crippen molar-refractivity contribution in [2.75, 3.05) is 69.3 Å². The van der Waals surface area contributed by atoms with E-state index in [1.54, 1.807) is 4.90 Å². The Labute approximate surface area is 235 Å². The van der Waals surface area contributed by atoms with Crippen LogP contribution in [0, 0.1) is 11.8 Å². The predicted molar refractivity (Wildman–Crippen MR) is 156 cm³/mol. The monoisotopic (exact) mass is 540 g/mol. The van der Waals surface area contributed by atoms with E-state index in [1.807, 2.05) is 0 Å². The van der Waals surface area contributed by atoms with Crippen LogP contribution in [0.2, 0.25) is 0 Å². The molecule has 2 aromatic carbocycles. The Bertz CT molecular complexity index is 1440. The molecule has 0 radical (unpaired) electrons. The quantitative estimate of drug-likeness (QED) is 0.494. The van der Waals surface area contributed by atoms with Gasteiger partial charge in [0.2, 0.25) is 0 Å². The van der Waals surface area contributed by atoms with Crippen LogP contribution in [0.1, 0.15) is 24.1 Å². The molecule has 6 rings (SSSR count). The van der Waals surface area contributed by atoms with E-state index in [-0.39, 0.29) is 12.5 Å². The number of fused-ring (bicyclic) bond motifs is 2. The van der Waals surface area contributed by atoms with Gasteiger partial charge >= 0.3 is 6.01 Å². The van der Waals surface area contributed by atoms with Gasteiger partial charge in [0.05, 0.1) is 12.2 Å². The maximum absolute atomic E-state index is 12.4. The Morgan fingerprint density at radius 3 is 2.65 bits per heavy atom. The second-order valence-electron chi connectivity index (χ2n) is 10.8. The molecule has 0 spiro atoms. The summed E-state index contributed by atoms with van der Waals surface area (Å²) in [7, 11) is 2.15. The summed E-state index contributed by atoms with van der Waals surface area (Å²) in [4.78, 5) is 31.0. The van der Waals surface area contributed by atoms with Gasteiger partial charge in [0.1, 0.15) is 19.0 Å². The fraction of sp³-hybridized carbons (Fsp3) is 0.452. The summed E-state index contributed by atoms with van der Waals surface area (Å²) in [5.74, 6) is 5.65. The van der Waals surface area contributed by atoms with Crippen LogP contribution in [-0.4, -0.2) is 96.4 Å². The molecule has 40 heavy (non-hydrogen) atoms. The number of amides is 1. The molecule has 2 fully saturated rings. The number of hydrogen-bond donors (Lipinski definition) is 1. The molecule has 9 nitrogen and oxygen atoms in total. The molecule has 2 saturated heterocycles. The van der Waals surface area contributed by atoms with E-state index >= 15 is 0 Å². The maximum atomic E-state index is 12.4. The summed E-state index contributed by atoms with van der Waals surface area (Å²) in [5.41, 5.74) is 3.39. The third kappa shape index (κ3) is 5.42. The Kier molecular flexibility index (Phi) is 7.71. The third-order valence-electron chi connectivity index (χ3n) is 8.35. The fourth-order valence-electron chi connectivity index (χ4n) is 6.08. The first-order chi connectivity index (χ1) is 19.6. The minimum absolute atomic E-state index is 0.242. The zero-order valence-electron chi connectivity index (χ0n) is 23.1. The molecular formula is C31H36N6O3. The van der Waals surface area contributed by atoms with Crippen LogP contribution in [0.4, 0.5) is 11.5 Å². The number of piperazine rings is 1. The second kappa shape index (κ2) is 11.7. The number of nitrogens with zero attached hydrogens (tertiary/aromatic N) is 6. The van der Waals surface area contributed by atoms with E-state index in [4.69, 9.17) is 19.8 Å². The molecule has 208 valence electrons. The van der Waals surface area contributed by atoms with Gasteiger partial charge in [-0.25, -0.2) is 0 Å². The van der Waals surface area contributed by atoms with E-state index in [0.29, 0.717) is 51.4 Å². The van der Waals surface area contributed by atoms with Crippen molar-refractivity contribution in [3.63, 3.8) is 0 Å². The lowest BCUT2D eigenvalue weighted by Gasteiger charge is -2.37. The number of aliphatic hydroxyl groups is 1. The minimum Gasteiger partial charge on any atom is -0.462 e. The lowest BCUT2D eigenvalue weighted by molar-refractivity contribution is -0.125. The highest BCUT2D eigenvalue weighted by Gasteiger charge is 2.29. The van der Waals surface area contributed by atoms with Crippen LogP contribution < -0.4 is 14.5 Å². The van der Waals surface area contributed by atoms with E-state index in [9.17, 15) is 4.79 Å². The number of anilines is 2. The van der Waals surface area contributed by atoms with E-state index in [1.165, 1.54) is 28.4 Å². The Hall–Kier alpha value is -3.87. The van der Waals surface area contributed by atoms with Crippen molar-refractivity contribution >= 4 is 28.2 Å². The van der Waals surface area contributed by atoms with Crippen LogP contribution in [0.5, 0.6) is 6.01 Å². The number of likely N-dealkylation sites (N-methyl/N-ethyl adjacent to an activating group) is 1. The Morgan fingerprint density at radius 1 is 1.02 bits per heavy atom. The SMILES string of the molecule is CN1CCC[C@H]1COc1nc2c(c(N3CCN(C(=O)C#CCO)CC3)n1)CCN(c1cccc3ccccc13)C2. The molecule has 3 aliphatic heterocycles. The van der Waals surface area contributed by atoms with Crippen LogP contribution >= 0.6 is 0 Å². The van der Waals surface area contributed by atoms with Crippen molar-refractivity contribution in [3.05, 3.63) is 53.7 Å². The van der Waals surface area contributed by atoms with Crippen molar-refractivity contribution in [2.24, 2.45) is 0 Å². The standard InChI is InChI=1S/C31H36N6O3/c1-34-14-5-9-24(34)22-40-31-32-27-21-37(28-11-4-8-23-7-2-3-10-25(23)28)15-13-26(27)30(33-31)36-18-16-35(17-19-36)29(39)12-6-20-38/h2-4,7-8,10-11,24,38H,5,9,13-22H2,1H3/t24-/m0/s1. The van der Waals surface area contributed by atoms with Crippen LogP contribution in [-0.2, 0) is 17.8 Å². The Morgan fingerprint density at radius 2 is 1.85 bits per heavy atom. The van der Waals surface area contributed by atoms with Crippen molar-refractivity contribution in [2.45, 2.75) is 31.8 Å². The molecule has 1 atom stereocenters. The minimum atomic E-state index is -0.312. The number of benzene rings is 2. The second-order valence-corrected chi connectivity index (χ2v) is 10.8. The van der Waals surface area contributed by atoms with Crippen molar-refractivity contribution in [1.29, 1.82) is 0 Å². The third-order valence-corrected chi connectivity index (χ3v) is 8.35. The van der Waals surface area contributed by atoms with Crippen LogP contribution in [0.25, 0.3) is 10.8 Å². The first-order valence-electron chi connectivity index (χ1n) is 14.2. The average Bonchev–Trinajstić information content (AvgIpc) is 3.42. The molecule has 1 amide bonds. The first kappa shape index (κ1) is 26.4. The van der Waals surface area contributed by atoms with Gasteiger partial charge in [0.15, 0.2) is 0 Å². The van der Waals surface area contributed by atoms with Crippen LogP contribution in [0.3, 0.4) is 0 Å². The zero-order valence-corrected chi connectivity index (χ0v) is 23.1. The molecule has 3 aliphatic rings. The molecule has 9 heteroatoms. The van der Waals surface area contributed by atoms with E-state index in [2.05, 4.69) is 76.1 Å². The molecule has 1 aromatic heterocycles. The van der Waals surface area contributed by atoms with Gasteiger partial charge in [0.25, 0.3) is 5.91 Å². The largest absolute Gasteiger partial charge is 0.462 e. The summed E-state index contributed by atoms with van der Waals surface area (Å²) in [6, 6.07) is 15.8. The van der Waals surface area contributed by atoms with Gasteiger partial charge in [-0.05, 0) is 50.2 Å². The highest BCUT2D eigenvalue weighted by molar-refractivity contribution is 5.94. The van der Waals surface area contributed by atoms with Gasteiger partial charge < -0.3 is 29.4 Å². The lowest BCUT2D eigenvalue weighted by Crippen LogP contribution is -2.49. The number of carbonyl (C=O) groups is 1. The number of rotatable bonds is 5. The number of likely N-dealkylation sites (tertiary alicyclic amines) is 1. The first-order valence-corrected chi connectivity index (χ1v) is 14.2. The predicted octanol–water partition coefficient (Wildman–Crippen LogP) is 2.31. The summed E-state index contributed by atoms with van der Waals surface area (Å²) >= 11 is 0. The highest BCUT2D eigenvalue weighted by atomic mass is 16.5. The molecule has 4 heterocycles. The normalized spacial score (nSPS) is 19.4. The number of aliphatic hydroxyl groups excluding tert-OH is 1. The summed E-state index contributed by atoms with van der Waals surface area (Å²) in [6.45, 7) is 5.36. The van der Waals surface area contributed by atoms with Gasteiger partial charge in [0, 0.05) is 55.4 Å². The number of carbonyl (C=O) groups excluding carboxylic acids is 1. The molecule has 1 N–H and O–H groups in total. The summed E-state index contributed by atoms with van der Waals surface area (Å²) in [5, 5.41) is 11.4. The maximum Gasteiger partial charge on any atom is 0.318 e. The van der Waals surface area contributed by atoms with Crippen LogP contribution in [0.15, 0.2) is 42.5 Å². The highest BCUT2D eigenvalue weighted by Crippen LogP contribution is 2.34. The smallest absolute Gasteiger partial charge is 0.318 e. The lowest BCUT2D eigenvalue weighted by atomic mass is 10.0. The fourth-order valence-corrected chi connectivity index (χ4v) is 6.08. The molecule has 0 unspecified atom stereocenters. The van der Waals surface area contributed by atoms with Gasteiger partial charge in [-0.3, -0.25) is 4.79 Å². The van der Waals surface area contributed by atoms with E-state index < -0.39 is 0 Å². The molecule has 0 aliphatic carbocycles. The summed E-state index contributed by atoms with van der Waals surface area (Å²) < 4.78 is 6.26. The van der Waals surface area contributed by atoms with Crippen molar-refractivity contribution in [1.82, 2.24) is 19.8 Å². The van der Waals surface area contributed by atoms with Crippen molar-refractivity contribution < 1.29 is 14.6 Å². The zero-order chi connectivity index (χ0) is 27.5. The molecular weight excluding hydrogens is 504 g/mol. The topological polar surface area (TPSA) is 85.3 Å². The van der Waals surface area contributed by atoms with Gasteiger partial charge in [-0.1, -0.05) is 42.3 Å². The molecule has 3 aromatic rings. The number of aromatic nitrogens is 2. The summed E-state index contributed by atoms with van der Waals surface area (Å²) in [6.07, 6.45) is 3.14. The Balaban J connectivity index is 1.27. The molecule has 0 bridgehead atoms. The van der Waals surface area contributed by atoms with Crippen molar-refractivity contribution in [3.8, 4) is 17.9 Å². The van der Waals surface area contributed by atoms with E-state index in [0.717, 1.165) is 37.4 Å². The van der Waals surface area contributed by atoms with Gasteiger partial charge in [-0.2, -0.15) is 9.97 Å². The average molecular weight is 541 g/mol. The number of hydrogen-bond acceptors (Lipinski definition) is 8. The van der Waals surface area contributed by atoms with Gasteiger partial charge in [-0.15, -0.1) is 0 Å².